The van der Waals surface area contributed by atoms with Crippen molar-refractivity contribution in [3.63, 3.8) is 0 Å². The van der Waals surface area contributed by atoms with Crippen molar-refractivity contribution in [2.45, 2.75) is 38.7 Å². The average Bonchev–Trinajstić information content (AvgIpc) is 2.84. The first-order valence-electron chi connectivity index (χ1n) is 7.16. The second kappa shape index (κ2) is 5.85. The van der Waals surface area contributed by atoms with E-state index in [0.717, 1.165) is 5.56 Å². The number of hydrogen-bond acceptors (Lipinski definition) is 3. The number of benzene rings is 1. The Balaban J connectivity index is 1.98. The summed E-state index contributed by atoms with van der Waals surface area (Å²) in [6.45, 7) is 7.00. The smallest absolute Gasteiger partial charge is 0.313 e. The Morgan fingerprint density at radius 2 is 1.86 bits per heavy atom. The highest BCUT2D eigenvalue weighted by molar-refractivity contribution is 6.39. The number of carbonyl (C=O) groups is 2. The largest absolute Gasteiger partial charge is 0.391 e. The fourth-order valence-corrected chi connectivity index (χ4v) is 2.31. The summed E-state index contributed by atoms with van der Waals surface area (Å²) < 4.78 is 0. The maximum atomic E-state index is 11.9. The molecule has 0 saturated carbocycles. The van der Waals surface area contributed by atoms with E-state index in [4.69, 9.17) is 0 Å². The van der Waals surface area contributed by atoms with E-state index in [0.29, 0.717) is 18.7 Å². The zero-order chi connectivity index (χ0) is 15.6. The second-order valence-corrected chi connectivity index (χ2v) is 6.48. The lowest BCUT2D eigenvalue weighted by molar-refractivity contribution is -0.142. The van der Waals surface area contributed by atoms with Gasteiger partial charge in [0.2, 0.25) is 0 Å². The third-order valence-electron chi connectivity index (χ3n) is 3.65. The molecule has 2 rings (SSSR count). The van der Waals surface area contributed by atoms with Crippen molar-refractivity contribution in [2.24, 2.45) is 0 Å². The summed E-state index contributed by atoms with van der Waals surface area (Å²) in [6.07, 6.45) is 0.00655. The second-order valence-electron chi connectivity index (χ2n) is 6.48. The third kappa shape index (κ3) is 3.82. The van der Waals surface area contributed by atoms with Crippen molar-refractivity contribution in [3.8, 4) is 0 Å². The summed E-state index contributed by atoms with van der Waals surface area (Å²) in [5.41, 5.74) is 1.81. The number of nitrogens with zero attached hydrogens (tertiary/aromatic N) is 1. The average molecular weight is 290 g/mol. The van der Waals surface area contributed by atoms with Gasteiger partial charge in [-0.15, -0.1) is 0 Å². The van der Waals surface area contributed by atoms with Gasteiger partial charge in [0.05, 0.1) is 6.10 Å². The van der Waals surface area contributed by atoms with Crippen molar-refractivity contribution in [3.05, 3.63) is 29.8 Å². The summed E-state index contributed by atoms with van der Waals surface area (Å²) in [5.74, 6) is -1.25. The molecule has 1 heterocycles. The van der Waals surface area contributed by atoms with Crippen LogP contribution in [-0.4, -0.2) is 41.0 Å². The minimum Gasteiger partial charge on any atom is -0.391 e. The van der Waals surface area contributed by atoms with Crippen LogP contribution in [0.1, 0.15) is 32.8 Å². The van der Waals surface area contributed by atoms with Gasteiger partial charge in [-0.25, -0.2) is 0 Å². The predicted octanol–water partition coefficient (Wildman–Crippen LogP) is 1.52. The van der Waals surface area contributed by atoms with Crippen LogP contribution in [0.25, 0.3) is 0 Å². The Kier molecular flexibility index (Phi) is 4.32. The number of amides is 2. The minimum absolute atomic E-state index is 0.0457. The fraction of sp³-hybridized carbons (Fsp3) is 0.500. The van der Waals surface area contributed by atoms with E-state index >= 15 is 0 Å². The number of anilines is 1. The van der Waals surface area contributed by atoms with Crippen LogP contribution >= 0.6 is 0 Å². The Morgan fingerprint density at radius 3 is 2.33 bits per heavy atom. The number of rotatable bonds is 1. The Morgan fingerprint density at radius 1 is 1.24 bits per heavy atom. The van der Waals surface area contributed by atoms with Crippen LogP contribution in [0.5, 0.6) is 0 Å². The molecule has 1 fully saturated rings. The minimum atomic E-state index is -0.660. The molecule has 114 valence electrons. The lowest BCUT2D eigenvalue weighted by atomic mass is 9.87. The lowest BCUT2D eigenvalue weighted by Gasteiger charge is -2.19. The maximum Gasteiger partial charge on any atom is 0.313 e. The summed E-state index contributed by atoms with van der Waals surface area (Å²) in [6, 6.07) is 7.48. The first-order valence-corrected chi connectivity index (χ1v) is 7.16. The first-order chi connectivity index (χ1) is 9.77. The summed E-state index contributed by atoms with van der Waals surface area (Å²) in [5, 5.41) is 12.0. The molecule has 1 aromatic rings. The van der Waals surface area contributed by atoms with E-state index in [1.807, 2.05) is 12.1 Å². The number of hydrogen-bond donors (Lipinski definition) is 2. The van der Waals surface area contributed by atoms with Gasteiger partial charge in [0.15, 0.2) is 0 Å². The quantitative estimate of drug-likeness (QED) is 0.770. The van der Waals surface area contributed by atoms with Gasteiger partial charge < -0.3 is 15.3 Å². The summed E-state index contributed by atoms with van der Waals surface area (Å²) in [7, 11) is 0. The number of likely N-dealkylation sites (tertiary alicyclic amines) is 1. The van der Waals surface area contributed by atoms with Gasteiger partial charge in [-0.05, 0) is 29.5 Å². The molecular weight excluding hydrogens is 268 g/mol. The van der Waals surface area contributed by atoms with Crippen molar-refractivity contribution in [1.82, 2.24) is 4.90 Å². The Labute approximate surface area is 125 Å². The summed E-state index contributed by atoms with van der Waals surface area (Å²) >= 11 is 0. The van der Waals surface area contributed by atoms with Gasteiger partial charge in [0, 0.05) is 18.8 Å². The topological polar surface area (TPSA) is 69.6 Å². The molecule has 2 amide bonds. The number of aliphatic hydroxyl groups excluding tert-OH is 1. The van der Waals surface area contributed by atoms with Crippen LogP contribution < -0.4 is 5.32 Å². The number of β-amino-alcohol motifs (C(OH)–C–C–N with tert-alkyl or cyclic N) is 1. The molecule has 1 saturated heterocycles. The van der Waals surface area contributed by atoms with Crippen LogP contribution in [0.3, 0.4) is 0 Å². The molecule has 0 bridgehead atoms. The van der Waals surface area contributed by atoms with Crippen LogP contribution in [0, 0.1) is 0 Å². The van der Waals surface area contributed by atoms with Gasteiger partial charge in [0.25, 0.3) is 0 Å². The monoisotopic (exact) mass is 290 g/mol. The highest BCUT2D eigenvalue weighted by atomic mass is 16.3. The van der Waals surface area contributed by atoms with E-state index < -0.39 is 17.9 Å². The summed E-state index contributed by atoms with van der Waals surface area (Å²) in [4.78, 5) is 25.2. The normalized spacial score (nSPS) is 18.7. The maximum absolute atomic E-state index is 11.9. The highest BCUT2D eigenvalue weighted by Crippen LogP contribution is 2.23. The van der Waals surface area contributed by atoms with Crippen LogP contribution in [0.2, 0.25) is 0 Å². The van der Waals surface area contributed by atoms with E-state index in [1.165, 1.54) is 4.90 Å². The van der Waals surface area contributed by atoms with Crippen LogP contribution in [-0.2, 0) is 15.0 Å². The van der Waals surface area contributed by atoms with Gasteiger partial charge in [-0.1, -0.05) is 32.9 Å². The molecule has 0 unspecified atom stereocenters. The van der Waals surface area contributed by atoms with Gasteiger partial charge in [-0.3, -0.25) is 9.59 Å². The molecule has 1 aliphatic heterocycles. The number of nitrogens with one attached hydrogen (secondary N) is 1. The molecule has 1 aromatic carbocycles. The molecule has 5 nitrogen and oxygen atoms in total. The van der Waals surface area contributed by atoms with Gasteiger partial charge >= 0.3 is 11.8 Å². The fourth-order valence-electron chi connectivity index (χ4n) is 2.31. The van der Waals surface area contributed by atoms with Crippen molar-refractivity contribution in [2.75, 3.05) is 18.4 Å². The Bertz CT molecular complexity index is 531. The highest BCUT2D eigenvalue weighted by Gasteiger charge is 2.28. The molecule has 0 spiro atoms. The molecule has 0 aromatic heterocycles. The van der Waals surface area contributed by atoms with Crippen molar-refractivity contribution >= 4 is 17.5 Å². The van der Waals surface area contributed by atoms with Crippen LogP contribution in [0.15, 0.2) is 24.3 Å². The molecule has 2 N–H and O–H groups in total. The molecule has 5 heteroatoms. The predicted molar refractivity (Wildman–Crippen MR) is 81.0 cm³/mol. The molecule has 21 heavy (non-hydrogen) atoms. The molecule has 0 radical (unpaired) electrons. The number of carbonyl (C=O) groups excluding carboxylic acids is 2. The molecule has 1 aliphatic rings. The van der Waals surface area contributed by atoms with Gasteiger partial charge in [0.1, 0.15) is 0 Å². The van der Waals surface area contributed by atoms with Gasteiger partial charge in [-0.2, -0.15) is 0 Å². The van der Waals surface area contributed by atoms with E-state index in [1.54, 1.807) is 12.1 Å². The lowest BCUT2D eigenvalue weighted by Crippen LogP contribution is -2.38. The Hall–Kier alpha value is -1.88. The first kappa shape index (κ1) is 15.5. The van der Waals surface area contributed by atoms with E-state index in [9.17, 15) is 14.7 Å². The van der Waals surface area contributed by atoms with Crippen molar-refractivity contribution in [1.29, 1.82) is 0 Å². The zero-order valence-corrected chi connectivity index (χ0v) is 12.7. The standard InChI is InChI=1S/C16H22N2O3/c1-16(2,3)11-4-6-12(7-5-11)17-14(20)15(21)18-9-8-13(19)10-18/h4-7,13,19H,8-10H2,1-3H3,(H,17,20)/t13-/m0/s1. The van der Waals surface area contributed by atoms with E-state index in [2.05, 4.69) is 26.1 Å². The number of aliphatic hydroxyl groups is 1. The third-order valence-corrected chi connectivity index (χ3v) is 3.65. The van der Waals surface area contributed by atoms with E-state index in [-0.39, 0.29) is 12.0 Å². The zero-order valence-electron chi connectivity index (χ0n) is 12.7. The van der Waals surface area contributed by atoms with Crippen LogP contribution in [0.4, 0.5) is 5.69 Å². The van der Waals surface area contributed by atoms with Crippen molar-refractivity contribution < 1.29 is 14.7 Å². The molecular formula is C16H22N2O3. The molecule has 1 atom stereocenters. The SMILES string of the molecule is CC(C)(C)c1ccc(NC(=O)C(=O)N2CC[C@H](O)C2)cc1. The molecule has 0 aliphatic carbocycles.